The van der Waals surface area contributed by atoms with Crippen LogP contribution in [-0.4, -0.2) is 46.7 Å². The average molecular weight is 265 g/mol. The Kier molecular flexibility index (Phi) is 3.94. The van der Waals surface area contributed by atoms with E-state index in [1.807, 2.05) is 0 Å². The lowest BCUT2D eigenvalue weighted by Crippen LogP contribution is -2.48. The van der Waals surface area contributed by atoms with Crippen molar-refractivity contribution < 1.29 is 14.3 Å². The summed E-state index contributed by atoms with van der Waals surface area (Å²) < 4.78 is 4.71. The molecule has 2 heterocycles. The van der Waals surface area contributed by atoms with Gasteiger partial charge in [0.1, 0.15) is 11.7 Å². The maximum atomic E-state index is 12.3. The number of likely N-dealkylation sites (tertiary alicyclic amines) is 1. The Bertz CT molecular complexity index is 520. The topological polar surface area (TPSA) is 92.4 Å². The minimum Gasteiger partial charge on any atom is -0.467 e. The van der Waals surface area contributed by atoms with Crippen molar-refractivity contribution in [2.24, 2.45) is 0 Å². The number of piperidine rings is 1. The van der Waals surface area contributed by atoms with Crippen molar-refractivity contribution in [3.05, 3.63) is 28.2 Å². The molecule has 0 aliphatic carbocycles. The quantitative estimate of drug-likeness (QED) is 0.756. The Balaban J connectivity index is 2.22. The van der Waals surface area contributed by atoms with Gasteiger partial charge >= 0.3 is 5.97 Å². The lowest BCUT2D eigenvalue weighted by molar-refractivity contribution is -0.147. The van der Waals surface area contributed by atoms with Crippen LogP contribution in [0.1, 0.15) is 29.8 Å². The number of methoxy groups -OCH3 is 1. The minimum absolute atomic E-state index is 0.121. The van der Waals surface area contributed by atoms with Gasteiger partial charge in [-0.25, -0.2) is 9.89 Å². The second-order valence-electron chi connectivity index (χ2n) is 4.34. The maximum absolute atomic E-state index is 12.3. The maximum Gasteiger partial charge on any atom is 0.328 e. The number of esters is 1. The SMILES string of the molecule is COC(=O)C1CCCCN1C(=O)c1ccc(=O)[nH]n1. The van der Waals surface area contributed by atoms with Gasteiger partial charge in [0, 0.05) is 12.6 Å². The molecule has 1 N–H and O–H groups in total. The summed E-state index contributed by atoms with van der Waals surface area (Å²) in [5.41, 5.74) is -0.255. The fourth-order valence-electron chi connectivity index (χ4n) is 2.17. The van der Waals surface area contributed by atoms with E-state index in [-0.39, 0.29) is 17.2 Å². The Morgan fingerprint density at radius 2 is 2.21 bits per heavy atom. The highest BCUT2D eigenvalue weighted by Gasteiger charge is 2.33. The van der Waals surface area contributed by atoms with Crippen LogP contribution in [0, 0.1) is 0 Å². The summed E-state index contributed by atoms with van der Waals surface area (Å²) >= 11 is 0. The van der Waals surface area contributed by atoms with E-state index in [2.05, 4.69) is 10.2 Å². The van der Waals surface area contributed by atoms with Gasteiger partial charge in [-0.15, -0.1) is 0 Å². The van der Waals surface area contributed by atoms with Crippen LogP contribution in [0.15, 0.2) is 16.9 Å². The molecule has 1 aliphatic heterocycles. The molecule has 0 aromatic carbocycles. The molecule has 7 nitrogen and oxygen atoms in total. The van der Waals surface area contributed by atoms with Crippen LogP contribution in [0.3, 0.4) is 0 Å². The molecule has 1 aromatic heterocycles. The predicted octanol–water partition coefficient (Wildman–Crippen LogP) is -0.0624. The van der Waals surface area contributed by atoms with E-state index in [4.69, 9.17) is 4.74 Å². The molecule has 7 heteroatoms. The van der Waals surface area contributed by atoms with Gasteiger partial charge in [-0.2, -0.15) is 5.10 Å². The van der Waals surface area contributed by atoms with E-state index in [1.54, 1.807) is 0 Å². The fraction of sp³-hybridized carbons (Fsp3) is 0.500. The zero-order valence-electron chi connectivity index (χ0n) is 10.6. The van der Waals surface area contributed by atoms with E-state index < -0.39 is 12.0 Å². The number of nitrogens with one attached hydrogen (secondary N) is 1. The van der Waals surface area contributed by atoms with Crippen molar-refractivity contribution in [2.45, 2.75) is 25.3 Å². The molecule has 1 unspecified atom stereocenters. The Labute approximate surface area is 109 Å². The molecule has 0 bridgehead atoms. The Morgan fingerprint density at radius 1 is 1.42 bits per heavy atom. The minimum atomic E-state index is -0.569. The summed E-state index contributed by atoms with van der Waals surface area (Å²) in [6.45, 7) is 0.486. The smallest absolute Gasteiger partial charge is 0.328 e. The number of aromatic amines is 1. The predicted molar refractivity (Wildman–Crippen MR) is 65.5 cm³/mol. The van der Waals surface area contributed by atoms with Gasteiger partial charge in [0.05, 0.1) is 7.11 Å². The molecule has 1 atom stereocenters. The lowest BCUT2D eigenvalue weighted by Gasteiger charge is -2.33. The van der Waals surface area contributed by atoms with E-state index in [1.165, 1.54) is 24.1 Å². The molecule has 1 aromatic rings. The Morgan fingerprint density at radius 3 is 2.84 bits per heavy atom. The number of H-pyrrole nitrogens is 1. The van der Waals surface area contributed by atoms with Crippen LogP contribution in [0.5, 0.6) is 0 Å². The summed E-state index contributed by atoms with van der Waals surface area (Å²) in [5.74, 6) is -0.788. The van der Waals surface area contributed by atoms with Crippen LogP contribution in [-0.2, 0) is 9.53 Å². The number of amides is 1. The molecule has 1 fully saturated rings. The molecule has 0 saturated carbocycles. The molecule has 102 valence electrons. The highest BCUT2D eigenvalue weighted by atomic mass is 16.5. The highest BCUT2D eigenvalue weighted by Crippen LogP contribution is 2.19. The molecule has 0 radical (unpaired) electrons. The molecular weight excluding hydrogens is 250 g/mol. The van der Waals surface area contributed by atoms with Crippen LogP contribution in [0.25, 0.3) is 0 Å². The number of nitrogens with zero attached hydrogens (tertiary/aromatic N) is 2. The number of carbonyl (C=O) groups excluding carboxylic acids is 2. The molecule has 19 heavy (non-hydrogen) atoms. The molecule has 1 amide bonds. The van der Waals surface area contributed by atoms with Crippen molar-refractivity contribution in [3.63, 3.8) is 0 Å². The van der Waals surface area contributed by atoms with Gasteiger partial charge in [-0.3, -0.25) is 9.59 Å². The highest BCUT2D eigenvalue weighted by molar-refractivity contribution is 5.95. The van der Waals surface area contributed by atoms with Crippen LogP contribution >= 0.6 is 0 Å². The van der Waals surface area contributed by atoms with Gasteiger partial charge in [-0.1, -0.05) is 0 Å². The van der Waals surface area contributed by atoms with E-state index in [9.17, 15) is 14.4 Å². The first kappa shape index (κ1) is 13.3. The third kappa shape index (κ3) is 2.81. The van der Waals surface area contributed by atoms with E-state index >= 15 is 0 Å². The van der Waals surface area contributed by atoms with Crippen LogP contribution in [0.4, 0.5) is 0 Å². The van der Waals surface area contributed by atoms with Gasteiger partial charge in [-0.05, 0) is 25.3 Å². The third-order valence-corrected chi connectivity index (χ3v) is 3.14. The fourth-order valence-corrected chi connectivity index (χ4v) is 2.17. The molecule has 2 rings (SSSR count). The van der Waals surface area contributed by atoms with E-state index in [0.717, 1.165) is 12.8 Å². The van der Waals surface area contributed by atoms with Gasteiger partial charge in [0.25, 0.3) is 11.5 Å². The number of carbonyl (C=O) groups is 2. The zero-order valence-corrected chi connectivity index (χ0v) is 10.6. The van der Waals surface area contributed by atoms with Crippen molar-refractivity contribution in [1.29, 1.82) is 0 Å². The number of ether oxygens (including phenoxy) is 1. The lowest BCUT2D eigenvalue weighted by atomic mass is 10.0. The van der Waals surface area contributed by atoms with Crippen LogP contribution in [0.2, 0.25) is 0 Å². The third-order valence-electron chi connectivity index (χ3n) is 3.14. The largest absolute Gasteiger partial charge is 0.467 e. The average Bonchev–Trinajstić information content (AvgIpc) is 2.46. The summed E-state index contributed by atoms with van der Waals surface area (Å²) in [6.07, 6.45) is 2.30. The number of hydrogen-bond acceptors (Lipinski definition) is 5. The summed E-state index contributed by atoms with van der Waals surface area (Å²) in [5, 5.41) is 5.90. The summed E-state index contributed by atoms with van der Waals surface area (Å²) in [7, 11) is 1.30. The number of rotatable bonds is 2. The molecule has 1 saturated heterocycles. The van der Waals surface area contributed by atoms with Gasteiger partial charge in [0.2, 0.25) is 0 Å². The van der Waals surface area contributed by atoms with Crippen molar-refractivity contribution >= 4 is 11.9 Å². The first-order valence-corrected chi connectivity index (χ1v) is 6.08. The van der Waals surface area contributed by atoms with Crippen LogP contribution < -0.4 is 5.56 Å². The molecular formula is C12H15N3O4. The second-order valence-corrected chi connectivity index (χ2v) is 4.34. The van der Waals surface area contributed by atoms with E-state index in [0.29, 0.717) is 13.0 Å². The monoisotopic (exact) mass is 265 g/mol. The Hall–Kier alpha value is -2.18. The standard InChI is InChI=1S/C12H15N3O4/c1-19-12(18)9-4-2-3-7-15(9)11(17)8-5-6-10(16)14-13-8/h5-6,9H,2-4,7H2,1H3,(H,14,16). The number of hydrogen-bond donors (Lipinski definition) is 1. The van der Waals surface area contributed by atoms with Gasteiger partial charge < -0.3 is 9.64 Å². The van der Waals surface area contributed by atoms with Crippen molar-refractivity contribution in [2.75, 3.05) is 13.7 Å². The van der Waals surface area contributed by atoms with Crippen molar-refractivity contribution in [3.8, 4) is 0 Å². The molecule has 1 aliphatic rings. The normalized spacial score (nSPS) is 19.0. The first-order chi connectivity index (χ1) is 9.13. The molecule has 0 spiro atoms. The van der Waals surface area contributed by atoms with Crippen molar-refractivity contribution in [1.82, 2.24) is 15.1 Å². The summed E-state index contributed by atoms with van der Waals surface area (Å²) in [4.78, 5) is 36.3. The zero-order chi connectivity index (χ0) is 13.8. The van der Waals surface area contributed by atoms with Gasteiger partial charge in [0.15, 0.2) is 0 Å². The second kappa shape index (κ2) is 5.64. The summed E-state index contributed by atoms with van der Waals surface area (Å²) in [6, 6.07) is 2.02. The number of aromatic nitrogens is 2. The first-order valence-electron chi connectivity index (χ1n) is 6.08.